The zero-order chi connectivity index (χ0) is 56.4. The van der Waals surface area contributed by atoms with Gasteiger partial charge in [-0.2, -0.15) is 0 Å². The molecule has 0 aromatic heterocycles. The summed E-state index contributed by atoms with van der Waals surface area (Å²) in [4.78, 5) is 39.9. The summed E-state index contributed by atoms with van der Waals surface area (Å²) in [5.74, 6) is -0.612. The summed E-state index contributed by atoms with van der Waals surface area (Å²) in [5.41, 5.74) is 0. The van der Waals surface area contributed by atoms with Gasteiger partial charge in [-0.3, -0.25) is 14.2 Å². The van der Waals surface area contributed by atoms with E-state index in [-0.39, 0.29) is 18.9 Å². The number of phosphoric acid groups is 1. The van der Waals surface area contributed by atoms with Crippen LogP contribution in [0.1, 0.15) is 303 Å². The molecule has 0 aromatic carbocycles. The number of esters is 1. The number of phosphoric ester groups is 1. The topological polar surface area (TPSA) is 114 Å². The molecule has 0 aromatic rings. The fourth-order valence-electron chi connectivity index (χ4n) is 9.37. The molecule has 0 aliphatic rings. The lowest BCUT2D eigenvalue weighted by molar-refractivity contribution is -0.870. The highest BCUT2D eigenvalue weighted by molar-refractivity contribution is 7.45. The molecule has 3 atom stereocenters. The second kappa shape index (κ2) is 57.0. The molecule has 0 saturated carbocycles. The Morgan fingerprint density at radius 2 is 0.805 bits per heavy atom. The second-order valence-electron chi connectivity index (χ2n) is 23.3. The highest BCUT2D eigenvalue weighted by Gasteiger charge is 2.27. The number of carbonyl (C=O) groups is 2. The normalized spacial score (nSPS) is 14.0. The van der Waals surface area contributed by atoms with E-state index >= 15 is 0 Å². The van der Waals surface area contributed by atoms with E-state index in [1.165, 1.54) is 205 Å². The van der Waals surface area contributed by atoms with Gasteiger partial charge in [-0.15, -0.1) is 0 Å². The lowest BCUT2D eigenvalue weighted by Crippen LogP contribution is -2.47. The Hall–Kier alpha value is -2.29. The number of likely N-dealkylation sites (N-methyl/N-ethyl adjacent to an activating group) is 1. The quantitative estimate of drug-likeness (QED) is 0.0212. The van der Waals surface area contributed by atoms with Crippen LogP contribution in [-0.4, -0.2) is 69.4 Å². The number of nitrogens with one attached hydrogen (secondary N) is 1. The molecule has 0 heterocycles. The van der Waals surface area contributed by atoms with Crippen LogP contribution >= 0.6 is 7.82 Å². The molecule has 9 nitrogen and oxygen atoms in total. The average molecular weight is 1100 g/mol. The first-order valence-corrected chi connectivity index (χ1v) is 34.1. The predicted molar refractivity (Wildman–Crippen MR) is 330 cm³/mol. The van der Waals surface area contributed by atoms with Crippen molar-refractivity contribution in [3.05, 3.63) is 60.8 Å². The first-order chi connectivity index (χ1) is 37.4. The Balaban J connectivity index is 5.01. The van der Waals surface area contributed by atoms with Gasteiger partial charge in [0.05, 0.1) is 33.8 Å². The van der Waals surface area contributed by atoms with Crippen LogP contribution in [0.3, 0.4) is 0 Å². The number of allylic oxidation sites excluding steroid dienone is 9. The molecule has 0 aliphatic carbocycles. The number of unbranched alkanes of at least 4 members (excludes halogenated alkanes) is 35. The van der Waals surface area contributed by atoms with Gasteiger partial charge < -0.3 is 28.5 Å². The molecule has 0 bridgehead atoms. The molecule has 0 saturated heterocycles. The van der Waals surface area contributed by atoms with E-state index in [1.807, 2.05) is 39.4 Å². The summed E-state index contributed by atoms with van der Waals surface area (Å²) in [7, 11) is 1.16. The molecule has 0 radical (unpaired) electrons. The van der Waals surface area contributed by atoms with Crippen LogP contribution in [0.25, 0.3) is 0 Å². The van der Waals surface area contributed by atoms with E-state index in [0.717, 1.165) is 57.8 Å². The summed E-state index contributed by atoms with van der Waals surface area (Å²) < 4.78 is 30.2. The summed E-state index contributed by atoms with van der Waals surface area (Å²) in [6.45, 7) is 6.79. The molecule has 1 amide bonds. The fraction of sp³-hybridized carbons (Fsp3) is 0.821. The van der Waals surface area contributed by atoms with Crippen LogP contribution in [0.4, 0.5) is 0 Å². The number of nitrogens with zero attached hydrogens (tertiary/aromatic N) is 1. The van der Waals surface area contributed by atoms with Crippen LogP contribution in [0.15, 0.2) is 60.8 Å². The summed E-state index contributed by atoms with van der Waals surface area (Å²) >= 11 is 0. The number of hydrogen-bond acceptors (Lipinski definition) is 7. The van der Waals surface area contributed by atoms with Gasteiger partial charge in [0.25, 0.3) is 7.82 Å². The number of amides is 1. The van der Waals surface area contributed by atoms with Crippen molar-refractivity contribution in [3.8, 4) is 0 Å². The summed E-state index contributed by atoms with van der Waals surface area (Å²) in [6.07, 6.45) is 72.2. The maximum absolute atomic E-state index is 13.5. The Bertz CT molecular complexity index is 1500. The van der Waals surface area contributed by atoms with E-state index in [0.29, 0.717) is 23.9 Å². The van der Waals surface area contributed by atoms with Gasteiger partial charge >= 0.3 is 5.97 Å². The van der Waals surface area contributed by atoms with Crippen LogP contribution in [0, 0.1) is 0 Å². The van der Waals surface area contributed by atoms with Crippen molar-refractivity contribution in [3.63, 3.8) is 0 Å². The Morgan fingerprint density at radius 1 is 0.455 bits per heavy atom. The van der Waals surface area contributed by atoms with E-state index in [1.54, 1.807) is 0 Å². The van der Waals surface area contributed by atoms with E-state index in [4.69, 9.17) is 13.8 Å². The van der Waals surface area contributed by atoms with E-state index in [2.05, 4.69) is 68.6 Å². The number of rotatable bonds is 59. The van der Waals surface area contributed by atoms with Crippen molar-refractivity contribution >= 4 is 19.7 Å². The molecule has 10 heteroatoms. The standard InChI is InChI=1S/C67H125N2O7P/c1-7-10-13-16-19-22-25-27-28-29-30-31-32-33-34-35-36-37-38-39-40-42-44-47-50-53-56-59-66(70)68-64(63-75-77(72,73)74-62-61-69(4,5)6)65(58-55-52-49-46-43-24-21-18-15-12-9-3)76-67(71)60-57-54-51-48-45-41-26-23-20-17-14-11-8-2/h19,22,27-28,41,45,51,54-55,58,64-65H,7-18,20-21,23-26,29-40,42-44,46-50,52-53,56-57,59-63H2,1-6H3,(H-,68,70,72,73)/b22-19-,28-27-,45-41-,54-51+,58-55-. The highest BCUT2D eigenvalue weighted by atomic mass is 31.2. The van der Waals surface area contributed by atoms with Gasteiger partial charge in [-0.25, -0.2) is 0 Å². The maximum Gasteiger partial charge on any atom is 0.306 e. The van der Waals surface area contributed by atoms with Crippen LogP contribution in [-0.2, 0) is 27.9 Å². The first kappa shape index (κ1) is 74.7. The van der Waals surface area contributed by atoms with Gasteiger partial charge in [0.2, 0.25) is 5.91 Å². The van der Waals surface area contributed by atoms with E-state index < -0.39 is 32.5 Å². The van der Waals surface area contributed by atoms with Crippen molar-refractivity contribution < 1.29 is 37.3 Å². The van der Waals surface area contributed by atoms with Crippen molar-refractivity contribution in [2.24, 2.45) is 0 Å². The minimum Gasteiger partial charge on any atom is -0.756 e. The first-order valence-electron chi connectivity index (χ1n) is 32.6. The third kappa shape index (κ3) is 58.2. The molecule has 77 heavy (non-hydrogen) atoms. The molecule has 3 unspecified atom stereocenters. The number of carbonyl (C=O) groups excluding carboxylic acids is 2. The predicted octanol–water partition coefficient (Wildman–Crippen LogP) is 19.6. The third-order valence-electron chi connectivity index (χ3n) is 14.4. The van der Waals surface area contributed by atoms with Gasteiger partial charge in [-0.05, 0) is 83.1 Å². The van der Waals surface area contributed by atoms with Gasteiger partial charge in [0.1, 0.15) is 19.3 Å². The molecule has 450 valence electrons. The minimum atomic E-state index is -4.71. The average Bonchev–Trinajstić information content (AvgIpc) is 3.39. The highest BCUT2D eigenvalue weighted by Crippen LogP contribution is 2.38. The third-order valence-corrected chi connectivity index (χ3v) is 15.4. The van der Waals surface area contributed by atoms with Crippen molar-refractivity contribution in [1.29, 1.82) is 0 Å². The fourth-order valence-corrected chi connectivity index (χ4v) is 10.1. The Labute approximate surface area is 477 Å². The maximum atomic E-state index is 13.5. The molecule has 0 rings (SSSR count). The SMILES string of the molecule is CCCCC/C=C\C/C=C\CCCCCCCCCCCCCCCCCCCC(=O)NC(COP(=O)([O-])OCC[N+](C)(C)C)C(/C=C\CCCCCCCCCCC)OC(=O)CC/C=C/C/C=C\CCCCCCCC. The van der Waals surface area contributed by atoms with Gasteiger partial charge in [0, 0.05) is 12.8 Å². The van der Waals surface area contributed by atoms with Crippen LogP contribution in [0.5, 0.6) is 0 Å². The number of quaternary nitrogens is 1. The zero-order valence-electron chi connectivity index (χ0n) is 51.4. The Morgan fingerprint density at radius 3 is 1.22 bits per heavy atom. The molecular formula is C67H125N2O7P. The van der Waals surface area contributed by atoms with E-state index in [9.17, 15) is 19.0 Å². The Kier molecular flexibility index (Phi) is 55.3. The van der Waals surface area contributed by atoms with Crippen molar-refractivity contribution in [2.75, 3.05) is 40.9 Å². The molecule has 0 fully saturated rings. The second-order valence-corrected chi connectivity index (χ2v) is 24.7. The smallest absolute Gasteiger partial charge is 0.306 e. The molecular weight excluding hydrogens is 976 g/mol. The summed E-state index contributed by atoms with van der Waals surface area (Å²) in [5, 5.41) is 3.02. The zero-order valence-corrected chi connectivity index (χ0v) is 52.3. The lowest BCUT2D eigenvalue weighted by Gasteiger charge is -2.30. The van der Waals surface area contributed by atoms with Crippen molar-refractivity contribution in [1.82, 2.24) is 5.32 Å². The van der Waals surface area contributed by atoms with Crippen LogP contribution < -0.4 is 10.2 Å². The van der Waals surface area contributed by atoms with Gasteiger partial charge in [-0.1, -0.05) is 268 Å². The molecule has 0 spiro atoms. The largest absolute Gasteiger partial charge is 0.756 e. The lowest BCUT2D eigenvalue weighted by atomic mass is 10.0. The monoisotopic (exact) mass is 1100 g/mol. The number of hydrogen-bond donors (Lipinski definition) is 1. The van der Waals surface area contributed by atoms with Crippen LogP contribution in [0.2, 0.25) is 0 Å². The molecule has 0 aliphatic heterocycles. The van der Waals surface area contributed by atoms with Crippen molar-refractivity contribution in [2.45, 2.75) is 315 Å². The minimum absolute atomic E-state index is 0.0296. The summed E-state index contributed by atoms with van der Waals surface area (Å²) in [6, 6.07) is -0.909. The molecule has 1 N–H and O–H groups in total. The van der Waals surface area contributed by atoms with Gasteiger partial charge in [0.15, 0.2) is 0 Å². The number of ether oxygens (including phenoxy) is 1.